The zero-order chi connectivity index (χ0) is 14.4. The van der Waals surface area contributed by atoms with Crippen molar-refractivity contribution < 1.29 is 0 Å². The molecule has 0 aromatic heterocycles. The van der Waals surface area contributed by atoms with Gasteiger partial charge >= 0.3 is 0 Å². The minimum Gasteiger partial charge on any atom is -0.368 e. The molecule has 0 spiro atoms. The van der Waals surface area contributed by atoms with Gasteiger partial charge in [0.15, 0.2) is 0 Å². The summed E-state index contributed by atoms with van der Waals surface area (Å²) in [6.45, 7) is 14.2. The summed E-state index contributed by atoms with van der Waals surface area (Å²) in [7, 11) is 0. The molecule has 0 unspecified atom stereocenters. The van der Waals surface area contributed by atoms with Gasteiger partial charge in [-0.2, -0.15) is 0 Å². The van der Waals surface area contributed by atoms with E-state index in [-0.39, 0.29) is 0 Å². The van der Waals surface area contributed by atoms with Crippen LogP contribution in [0.3, 0.4) is 0 Å². The summed E-state index contributed by atoms with van der Waals surface area (Å²) in [4.78, 5) is 2.46. The van der Waals surface area contributed by atoms with E-state index >= 15 is 0 Å². The second kappa shape index (κ2) is 7.91. The van der Waals surface area contributed by atoms with Gasteiger partial charge in [0.25, 0.3) is 0 Å². The predicted octanol–water partition coefficient (Wildman–Crippen LogP) is 4.43. The lowest BCUT2D eigenvalue weighted by Crippen LogP contribution is -2.34. The van der Waals surface area contributed by atoms with Gasteiger partial charge in [0.1, 0.15) is 0 Å². The molecule has 0 bridgehead atoms. The number of benzene rings is 1. The van der Waals surface area contributed by atoms with E-state index < -0.39 is 0 Å². The Morgan fingerprint density at radius 2 is 1.89 bits per heavy atom. The van der Waals surface area contributed by atoms with E-state index in [1.165, 1.54) is 15.7 Å². The third-order valence-electron chi connectivity index (χ3n) is 3.09. The summed E-state index contributed by atoms with van der Waals surface area (Å²) in [5.74, 6) is 0.663. The lowest BCUT2D eigenvalue weighted by molar-refractivity contribution is 0.570. The lowest BCUT2D eigenvalue weighted by atomic mass is 10.1. The molecule has 0 saturated heterocycles. The van der Waals surface area contributed by atoms with Gasteiger partial charge in [-0.1, -0.05) is 26.8 Å². The van der Waals surface area contributed by atoms with Crippen LogP contribution in [0.1, 0.15) is 40.2 Å². The van der Waals surface area contributed by atoms with Gasteiger partial charge in [-0.25, -0.2) is 0 Å². The van der Waals surface area contributed by atoms with E-state index in [9.17, 15) is 0 Å². The van der Waals surface area contributed by atoms with Crippen molar-refractivity contribution in [3.8, 4) is 0 Å². The Kier molecular flexibility index (Phi) is 6.87. The summed E-state index contributed by atoms with van der Waals surface area (Å²) in [6, 6.07) is 7.20. The third-order valence-corrected chi connectivity index (χ3v) is 3.72. The van der Waals surface area contributed by atoms with Gasteiger partial charge in [0, 0.05) is 23.6 Å². The van der Waals surface area contributed by atoms with E-state index in [1.807, 2.05) is 0 Å². The molecule has 0 aliphatic carbocycles. The summed E-state index contributed by atoms with van der Waals surface area (Å²) in [6.07, 6.45) is 0. The molecule has 0 aliphatic rings. The number of rotatable bonds is 7. The van der Waals surface area contributed by atoms with Crippen molar-refractivity contribution in [3.05, 3.63) is 28.2 Å². The zero-order valence-electron chi connectivity index (χ0n) is 12.8. The number of nitrogens with zero attached hydrogens (tertiary/aromatic N) is 1. The molecular weight excluding hydrogens is 300 g/mol. The molecule has 0 aliphatic heterocycles. The average molecular weight is 327 g/mol. The Bertz CT molecular complexity index is 388. The molecule has 1 aromatic rings. The highest BCUT2D eigenvalue weighted by atomic mass is 79.9. The van der Waals surface area contributed by atoms with Crippen LogP contribution in [-0.2, 0) is 6.54 Å². The van der Waals surface area contributed by atoms with Gasteiger partial charge in [-0.15, -0.1) is 0 Å². The fraction of sp³-hybridized carbons (Fsp3) is 0.625. The molecule has 1 aromatic carbocycles. The summed E-state index contributed by atoms with van der Waals surface area (Å²) >= 11 is 3.73. The average Bonchev–Trinajstić information content (AvgIpc) is 2.33. The minimum absolute atomic E-state index is 0.512. The van der Waals surface area contributed by atoms with Crippen molar-refractivity contribution >= 4 is 21.6 Å². The highest BCUT2D eigenvalue weighted by Crippen LogP contribution is 2.29. The normalized spacial score (nSPS) is 11.4. The van der Waals surface area contributed by atoms with Crippen molar-refractivity contribution in [3.63, 3.8) is 0 Å². The van der Waals surface area contributed by atoms with Crippen molar-refractivity contribution in [2.45, 2.75) is 47.2 Å². The van der Waals surface area contributed by atoms with Gasteiger partial charge < -0.3 is 10.2 Å². The first-order valence-electron chi connectivity index (χ1n) is 7.21. The molecule has 0 amide bonds. The fourth-order valence-corrected chi connectivity index (χ4v) is 2.80. The van der Waals surface area contributed by atoms with Gasteiger partial charge in [-0.3, -0.25) is 0 Å². The summed E-state index contributed by atoms with van der Waals surface area (Å²) < 4.78 is 1.19. The van der Waals surface area contributed by atoms with Gasteiger partial charge in [-0.05, 0) is 59.9 Å². The maximum absolute atomic E-state index is 3.73. The van der Waals surface area contributed by atoms with Crippen molar-refractivity contribution in [2.75, 3.05) is 18.0 Å². The van der Waals surface area contributed by atoms with E-state index in [4.69, 9.17) is 0 Å². The van der Waals surface area contributed by atoms with E-state index in [0.29, 0.717) is 12.0 Å². The molecule has 0 radical (unpaired) electrons. The van der Waals surface area contributed by atoms with Gasteiger partial charge in [0.2, 0.25) is 0 Å². The number of hydrogen-bond donors (Lipinski definition) is 1. The predicted molar refractivity (Wildman–Crippen MR) is 88.8 cm³/mol. The van der Waals surface area contributed by atoms with Crippen LogP contribution in [0.15, 0.2) is 22.7 Å². The lowest BCUT2D eigenvalue weighted by Gasteiger charge is -2.31. The quantitative estimate of drug-likeness (QED) is 0.797. The Balaban J connectivity index is 2.91. The highest BCUT2D eigenvalue weighted by Gasteiger charge is 2.15. The first-order valence-corrected chi connectivity index (χ1v) is 8.00. The van der Waals surface area contributed by atoms with Crippen LogP contribution in [0.25, 0.3) is 0 Å². The molecule has 1 N–H and O–H groups in total. The van der Waals surface area contributed by atoms with E-state index in [2.05, 4.69) is 79.0 Å². The SMILES string of the molecule is CCNCc1ccc(N(CC(C)C)C(C)C)c(Br)c1. The second-order valence-corrected chi connectivity index (χ2v) is 6.56. The number of halogens is 1. The molecule has 1 rings (SSSR count). The van der Waals surface area contributed by atoms with Crippen LogP contribution in [0.2, 0.25) is 0 Å². The molecular formula is C16H27BrN2. The minimum atomic E-state index is 0.512. The molecule has 2 nitrogen and oxygen atoms in total. The maximum Gasteiger partial charge on any atom is 0.0513 e. The van der Waals surface area contributed by atoms with Crippen LogP contribution < -0.4 is 10.2 Å². The van der Waals surface area contributed by atoms with Crippen LogP contribution in [0.5, 0.6) is 0 Å². The first-order chi connectivity index (χ1) is 8.95. The fourth-order valence-electron chi connectivity index (χ4n) is 2.14. The van der Waals surface area contributed by atoms with Crippen molar-refractivity contribution in [1.82, 2.24) is 5.32 Å². The second-order valence-electron chi connectivity index (χ2n) is 5.71. The number of nitrogens with one attached hydrogen (secondary N) is 1. The van der Waals surface area contributed by atoms with E-state index in [0.717, 1.165) is 19.6 Å². The largest absolute Gasteiger partial charge is 0.368 e. The molecule has 0 heterocycles. The smallest absolute Gasteiger partial charge is 0.0513 e. The monoisotopic (exact) mass is 326 g/mol. The van der Waals surface area contributed by atoms with Gasteiger partial charge in [0.05, 0.1) is 5.69 Å². The van der Waals surface area contributed by atoms with Crippen LogP contribution in [0.4, 0.5) is 5.69 Å². The maximum atomic E-state index is 3.73. The summed E-state index contributed by atoms with van der Waals surface area (Å²) in [5.41, 5.74) is 2.62. The van der Waals surface area contributed by atoms with Crippen molar-refractivity contribution in [2.24, 2.45) is 5.92 Å². The molecule has 0 saturated carbocycles. The summed E-state index contributed by atoms with van der Waals surface area (Å²) in [5, 5.41) is 3.36. The first kappa shape index (κ1) is 16.5. The zero-order valence-corrected chi connectivity index (χ0v) is 14.4. The van der Waals surface area contributed by atoms with E-state index in [1.54, 1.807) is 0 Å². The molecule has 19 heavy (non-hydrogen) atoms. The Morgan fingerprint density at radius 3 is 2.37 bits per heavy atom. The third kappa shape index (κ3) is 5.15. The van der Waals surface area contributed by atoms with Crippen LogP contribution in [0, 0.1) is 5.92 Å². The number of anilines is 1. The topological polar surface area (TPSA) is 15.3 Å². The van der Waals surface area contributed by atoms with Crippen LogP contribution >= 0.6 is 15.9 Å². The van der Waals surface area contributed by atoms with Crippen molar-refractivity contribution in [1.29, 1.82) is 0 Å². The molecule has 0 fully saturated rings. The molecule has 3 heteroatoms. The highest BCUT2D eigenvalue weighted by molar-refractivity contribution is 9.10. The Labute approximate surface area is 126 Å². The number of hydrogen-bond acceptors (Lipinski definition) is 2. The Hall–Kier alpha value is -0.540. The molecule has 0 atom stereocenters. The Morgan fingerprint density at radius 1 is 1.21 bits per heavy atom. The van der Waals surface area contributed by atoms with Crippen LogP contribution in [-0.4, -0.2) is 19.1 Å². The standard InChI is InChI=1S/C16H27BrN2/c1-6-18-10-14-7-8-16(15(17)9-14)19(13(4)5)11-12(2)3/h7-9,12-13,18H,6,10-11H2,1-5H3. The molecule has 108 valence electrons.